The second-order valence-corrected chi connectivity index (χ2v) is 6.07. The van der Waals surface area contributed by atoms with Crippen LogP contribution in [0.3, 0.4) is 0 Å². The first-order valence-electron chi connectivity index (χ1n) is 7.80. The Morgan fingerprint density at radius 2 is 1.79 bits per heavy atom. The quantitative estimate of drug-likeness (QED) is 0.898. The first-order chi connectivity index (χ1) is 11.5. The Hall–Kier alpha value is -2.64. The zero-order chi connectivity index (χ0) is 17.2. The van der Waals surface area contributed by atoms with Crippen molar-refractivity contribution in [3.63, 3.8) is 0 Å². The van der Waals surface area contributed by atoms with Gasteiger partial charge in [-0.2, -0.15) is 9.97 Å². The van der Waals surface area contributed by atoms with Crippen LogP contribution in [0, 0.1) is 0 Å². The van der Waals surface area contributed by atoms with Gasteiger partial charge in [0.1, 0.15) is 5.76 Å². The van der Waals surface area contributed by atoms with Crippen molar-refractivity contribution < 1.29 is 18.8 Å². The molecule has 128 valence electrons. The SMILES string of the molecule is COc1cc(OC)nc(C(=O)Nc2cc(C3(C)CCCC3)on2)n1. The molecule has 2 aromatic heterocycles. The van der Waals surface area contributed by atoms with Crippen LogP contribution < -0.4 is 14.8 Å². The molecule has 8 heteroatoms. The Morgan fingerprint density at radius 3 is 2.38 bits per heavy atom. The van der Waals surface area contributed by atoms with E-state index in [9.17, 15) is 4.79 Å². The van der Waals surface area contributed by atoms with Crippen LogP contribution >= 0.6 is 0 Å². The molecule has 2 aromatic rings. The smallest absolute Gasteiger partial charge is 0.294 e. The zero-order valence-corrected chi connectivity index (χ0v) is 14.0. The Balaban J connectivity index is 1.77. The summed E-state index contributed by atoms with van der Waals surface area (Å²) in [6, 6.07) is 3.26. The van der Waals surface area contributed by atoms with Crippen LogP contribution in [0.2, 0.25) is 0 Å². The molecular formula is C16H20N4O4. The number of carbonyl (C=O) groups is 1. The van der Waals surface area contributed by atoms with Gasteiger partial charge in [0.2, 0.25) is 17.6 Å². The maximum atomic E-state index is 12.3. The minimum atomic E-state index is -0.511. The highest BCUT2D eigenvalue weighted by atomic mass is 16.5. The maximum Gasteiger partial charge on any atom is 0.294 e. The second kappa shape index (κ2) is 6.46. The number of anilines is 1. The molecule has 1 aliphatic rings. The van der Waals surface area contributed by atoms with Gasteiger partial charge in [0.15, 0.2) is 5.82 Å². The molecule has 0 radical (unpaired) electrons. The number of hydrogen-bond acceptors (Lipinski definition) is 7. The number of ether oxygens (including phenoxy) is 2. The summed E-state index contributed by atoms with van der Waals surface area (Å²) < 4.78 is 15.5. The molecule has 1 aliphatic carbocycles. The lowest BCUT2D eigenvalue weighted by atomic mass is 9.86. The summed E-state index contributed by atoms with van der Waals surface area (Å²) in [6.45, 7) is 2.15. The summed E-state index contributed by atoms with van der Waals surface area (Å²) in [6.07, 6.45) is 4.48. The van der Waals surface area contributed by atoms with E-state index in [0.717, 1.165) is 18.6 Å². The van der Waals surface area contributed by atoms with Crippen molar-refractivity contribution in [2.75, 3.05) is 19.5 Å². The van der Waals surface area contributed by atoms with Gasteiger partial charge in [-0.05, 0) is 12.8 Å². The van der Waals surface area contributed by atoms with Crippen molar-refractivity contribution in [2.45, 2.75) is 38.0 Å². The van der Waals surface area contributed by atoms with E-state index in [2.05, 4.69) is 27.4 Å². The molecule has 0 atom stereocenters. The molecule has 0 bridgehead atoms. The van der Waals surface area contributed by atoms with Crippen LogP contribution in [0.1, 0.15) is 49.0 Å². The fraction of sp³-hybridized carbons (Fsp3) is 0.500. The molecule has 1 N–H and O–H groups in total. The van der Waals surface area contributed by atoms with E-state index < -0.39 is 5.91 Å². The van der Waals surface area contributed by atoms with Crippen LogP contribution in [0.4, 0.5) is 5.82 Å². The molecule has 0 saturated heterocycles. The first kappa shape index (κ1) is 16.2. The summed E-state index contributed by atoms with van der Waals surface area (Å²) in [5, 5.41) is 6.57. The summed E-state index contributed by atoms with van der Waals surface area (Å²) in [5.74, 6) is 1.04. The van der Waals surface area contributed by atoms with Gasteiger partial charge in [0, 0.05) is 11.5 Å². The molecule has 1 saturated carbocycles. The third kappa shape index (κ3) is 3.17. The minimum absolute atomic E-state index is 0.00827. The lowest BCUT2D eigenvalue weighted by Gasteiger charge is -2.18. The molecule has 0 aromatic carbocycles. The topological polar surface area (TPSA) is 99.4 Å². The van der Waals surface area contributed by atoms with E-state index >= 15 is 0 Å². The van der Waals surface area contributed by atoms with Crippen molar-refractivity contribution in [3.05, 3.63) is 23.7 Å². The lowest BCUT2D eigenvalue weighted by molar-refractivity contribution is 0.101. The molecule has 24 heavy (non-hydrogen) atoms. The molecule has 0 spiro atoms. The number of rotatable bonds is 5. The number of aromatic nitrogens is 3. The summed E-state index contributed by atoms with van der Waals surface area (Å²) in [5.41, 5.74) is -0.00827. The molecule has 0 aliphatic heterocycles. The van der Waals surface area contributed by atoms with Crippen molar-refractivity contribution in [2.24, 2.45) is 0 Å². The summed E-state index contributed by atoms with van der Waals surface area (Å²) in [4.78, 5) is 20.4. The van der Waals surface area contributed by atoms with Crippen molar-refractivity contribution in [1.82, 2.24) is 15.1 Å². The number of methoxy groups -OCH3 is 2. The van der Waals surface area contributed by atoms with Crippen LogP contribution in [0.15, 0.2) is 16.7 Å². The van der Waals surface area contributed by atoms with Crippen molar-refractivity contribution >= 4 is 11.7 Å². The minimum Gasteiger partial charge on any atom is -0.481 e. The van der Waals surface area contributed by atoms with Gasteiger partial charge < -0.3 is 19.3 Å². The third-order valence-corrected chi connectivity index (χ3v) is 4.35. The summed E-state index contributed by atoms with van der Waals surface area (Å²) in [7, 11) is 2.91. The third-order valence-electron chi connectivity index (χ3n) is 4.35. The molecule has 2 heterocycles. The monoisotopic (exact) mass is 332 g/mol. The van der Waals surface area contributed by atoms with E-state index in [1.165, 1.54) is 33.1 Å². The van der Waals surface area contributed by atoms with Crippen LogP contribution in [-0.4, -0.2) is 35.3 Å². The number of nitrogens with one attached hydrogen (secondary N) is 1. The second-order valence-electron chi connectivity index (χ2n) is 6.07. The molecular weight excluding hydrogens is 312 g/mol. The highest BCUT2D eigenvalue weighted by molar-refractivity contribution is 6.01. The fourth-order valence-electron chi connectivity index (χ4n) is 2.91. The van der Waals surface area contributed by atoms with Crippen molar-refractivity contribution in [1.29, 1.82) is 0 Å². The number of carbonyl (C=O) groups excluding carboxylic acids is 1. The predicted molar refractivity (Wildman–Crippen MR) is 85.4 cm³/mol. The first-order valence-corrected chi connectivity index (χ1v) is 7.80. The van der Waals surface area contributed by atoms with Crippen molar-refractivity contribution in [3.8, 4) is 11.8 Å². The Bertz CT molecular complexity index is 715. The van der Waals surface area contributed by atoms with Gasteiger partial charge in [0.05, 0.1) is 20.3 Å². The molecule has 3 rings (SSSR count). The van der Waals surface area contributed by atoms with E-state index in [-0.39, 0.29) is 23.0 Å². The van der Waals surface area contributed by atoms with Gasteiger partial charge in [-0.15, -0.1) is 0 Å². The van der Waals surface area contributed by atoms with Gasteiger partial charge in [-0.25, -0.2) is 0 Å². The molecule has 8 nitrogen and oxygen atoms in total. The van der Waals surface area contributed by atoms with Gasteiger partial charge in [0.25, 0.3) is 5.91 Å². The van der Waals surface area contributed by atoms with E-state index in [1.54, 1.807) is 6.07 Å². The molecule has 1 fully saturated rings. The highest BCUT2D eigenvalue weighted by Crippen LogP contribution is 2.41. The fourth-order valence-corrected chi connectivity index (χ4v) is 2.91. The van der Waals surface area contributed by atoms with Crippen LogP contribution in [-0.2, 0) is 5.41 Å². The van der Waals surface area contributed by atoms with Gasteiger partial charge in [-0.1, -0.05) is 24.9 Å². The lowest BCUT2D eigenvalue weighted by Crippen LogP contribution is -2.17. The van der Waals surface area contributed by atoms with Gasteiger partial charge >= 0.3 is 0 Å². The largest absolute Gasteiger partial charge is 0.481 e. The van der Waals surface area contributed by atoms with Crippen LogP contribution in [0.25, 0.3) is 0 Å². The number of nitrogens with zero attached hydrogens (tertiary/aromatic N) is 3. The zero-order valence-electron chi connectivity index (χ0n) is 14.0. The highest BCUT2D eigenvalue weighted by Gasteiger charge is 2.34. The molecule has 1 amide bonds. The normalized spacial score (nSPS) is 16.0. The average Bonchev–Trinajstić information content (AvgIpc) is 3.24. The number of hydrogen-bond donors (Lipinski definition) is 1. The molecule has 0 unspecified atom stereocenters. The van der Waals surface area contributed by atoms with E-state index in [4.69, 9.17) is 14.0 Å². The average molecular weight is 332 g/mol. The Kier molecular flexibility index (Phi) is 4.37. The summed E-state index contributed by atoms with van der Waals surface area (Å²) >= 11 is 0. The predicted octanol–water partition coefficient (Wildman–Crippen LogP) is 2.57. The Labute approximate surface area is 139 Å². The van der Waals surface area contributed by atoms with Crippen LogP contribution in [0.5, 0.6) is 11.8 Å². The number of amides is 1. The van der Waals surface area contributed by atoms with E-state index in [1.807, 2.05) is 0 Å². The maximum absolute atomic E-state index is 12.3. The Morgan fingerprint density at radius 1 is 1.17 bits per heavy atom. The van der Waals surface area contributed by atoms with E-state index in [0.29, 0.717) is 5.82 Å². The van der Waals surface area contributed by atoms with Gasteiger partial charge in [-0.3, -0.25) is 4.79 Å². The standard InChI is InChI=1S/C16H20N4O4/c1-16(6-4-5-7-16)10-8-11(20-24-10)17-15(21)14-18-12(22-2)9-13(19-14)23-3/h8-9H,4-7H2,1-3H3,(H,17,20,21).